The van der Waals surface area contributed by atoms with Crippen LogP contribution in [0.3, 0.4) is 0 Å². The highest BCUT2D eigenvalue weighted by molar-refractivity contribution is 7.99. The summed E-state index contributed by atoms with van der Waals surface area (Å²) in [6, 6.07) is 3.62. The lowest BCUT2D eigenvalue weighted by atomic mass is 10.0. The van der Waals surface area contributed by atoms with Crippen molar-refractivity contribution in [1.82, 2.24) is 19.8 Å². The Balaban J connectivity index is 1.71. The molecule has 1 saturated heterocycles. The number of amides is 1. The predicted octanol–water partition coefficient (Wildman–Crippen LogP) is 4.96. The van der Waals surface area contributed by atoms with Gasteiger partial charge in [0.1, 0.15) is 17.5 Å². The lowest BCUT2D eigenvalue weighted by Crippen LogP contribution is -2.49. The smallest absolute Gasteiger partial charge is 0.350 e. The quantitative estimate of drug-likeness (QED) is 0.322. The van der Waals surface area contributed by atoms with Crippen molar-refractivity contribution < 1.29 is 13.6 Å². The summed E-state index contributed by atoms with van der Waals surface area (Å²) < 4.78 is 30.8. The minimum Gasteiger partial charge on any atom is -0.352 e. The van der Waals surface area contributed by atoms with E-state index in [2.05, 4.69) is 23.8 Å². The van der Waals surface area contributed by atoms with Gasteiger partial charge < -0.3 is 15.1 Å². The van der Waals surface area contributed by atoms with Crippen LogP contribution >= 0.6 is 35.0 Å². The van der Waals surface area contributed by atoms with Crippen molar-refractivity contribution in [2.75, 3.05) is 43.4 Å². The summed E-state index contributed by atoms with van der Waals surface area (Å²) in [4.78, 5) is 34.4. The number of hydrogen-bond donors (Lipinski definition) is 1. The molecule has 0 spiro atoms. The van der Waals surface area contributed by atoms with Gasteiger partial charge in [0.15, 0.2) is 0 Å². The number of anilines is 1. The average Bonchev–Trinajstić information content (AvgIpc) is 3.12. The molecule has 206 valence electrons. The van der Waals surface area contributed by atoms with Gasteiger partial charge in [-0.3, -0.25) is 9.36 Å². The molecule has 1 aromatic heterocycles. The van der Waals surface area contributed by atoms with Crippen LogP contribution in [0.15, 0.2) is 40.5 Å². The van der Waals surface area contributed by atoms with Crippen molar-refractivity contribution in [1.29, 1.82) is 0 Å². The Hall–Kier alpha value is -2.66. The molecule has 2 aliphatic rings. The van der Waals surface area contributed by atoms with Crippen LogP contribution in [0.5, 0.6) is 0 Å². The summed E-state index contributed by atoms with van der Waals surface area (Å²) in [7, 11) is 0. The van der Waals surface area contributed by atoms with E-state index in [0.717, 1.165) is 19.0 Å². The molecule has 12 heteroatoms. The molecule has 3 aromatic rings. The second-order valence-electron chi connectivity index (χ2n) is 9.51. The van der Waals surface area contributed by atoms with E-state index in [1.807, 2.05) is 4.90 Å². The normalized spacial score (nSPS) is 17.4. The molecule has 1 unspecified atom stereocenters. The Labute approximate surface area is 238 Å². The fourth-order valence-corrected chi connectivity index (χ4v) is 6.91. The molecule has 1 N–H and O–H groups in total. The Kier molecular flexibility index (Phi) is 8.19. The number of hydrogen-bond acceptors (Lipinski definition) is 6. The van der Waals surface area contributed by atoms with Crippen LogP contribution in [0.25, 0.3) is 22.0 Å². The van der Waals surface area contributed by atoms with Crippen molar-refractivity contribution in [3.63, 3.8) is 0 Å². The number of halogens is 4. The highest BCUT2D eigenvalue weighted by atomic mass is 35.5. The molecule has 7 nitrogen and oxygen atoms in total. The molecule has 0 aliphatic carbocycles. The van der Waals surface area contributed by atoms with Crippen LogP contribution in [0.4, 0.5) is 14.6 Å². The average molecular weight is 595 g/mol. The molecule has 0 radical (unpaired) electrons. The van der Waals surface area contributed by atoms with E-state index < -0.39 is 17.3 Å². The van der Waals surface area contributed by atoms with Gasteiger partial charge in [0.05, 0.1) is 15.6 Å². The standard InChI is InChI=1S/C27H27Cl2F2N5O2S/c1-3-5-32-15-13-36-24-17(26(33-27(36)38)35-8-6-34(7-9-35)22(37)4-2)11-19(29)23(25(24)39-14-15)16-10-18(28)21(31)12-20(16)30/h4,10-12,15,32H,2-3,5-9,13-14H2,1H3. The van der Waals surface area contributed by atoms with Gasteiger partial charge in [-0.15, -0.1) is 11.8 Å². The number of benzene rings is 2. The first kappa shape index (κ1) is 27.9. The maximum atomic E-state index is 15.1. The van der Waals surface area contributed by atoms with Gasteiger partial charge in [0, 0.05) is 72.0 Å². The van der Waals surface area contributed by atoms with Crippen molar-refractivity contribution in [3.05, 3.63) is 63.0 Å². The number of carbonyl (C=O) groups is 1. The molecule has 2 aliphatic heterocycles. The van der Waals surface area contributed by atoms with E-state index in [9.17, 15) is 14.0 Å². The SMILES string of the molecule is C=CC(=O)N1CCN(c2nc(=O)n3c4c(c(-c5cc(Cl)c(F)cc5F)c(Cl)cc24)SCC(NCCC)C3)CC1. The van der Waals surface area contributed by atoms with Gasteiger partial charge in [-0.1, -0.05) is 36.7 Å². The Morgan fingerprint density at radius 2 is 1.92 bits per heavy atom. The lowest BCUT2D eigenvalue weighted by Gasteiger charge is -2.35. The van der Waals surface area contributed by atoms with Gasteiger partial charge >= 0.3 is 5.69 Å². The summed E-state index contributed by atoms with van der Waals surface area (Å²) in [5.41, 5.74) is 0.584. The van der Waals surface area contributed by atoms with Gasteiger partial charge in [0.2, 0.25) is 5.91 Å². The third-order valence-corrected chi connectivity index (χ3v) is 8.85. The van der Waals surface area contributed by atoms with E-state index in [1.165, 1.54) is 23.9 Å². The first-order valence-electron chi connectivity index (χ1n) is 12.7. The van der Waals surface area contributed by atoms with E-state index in [-0.39, 0.29) is 27.6 Å². The number of piperazine rings is 1. The number of nitrogens with zero attached hydrogens (tertiary/aromatic N) is 4. The zero-order chi connectivity index (χ0) is 27.8. The van der Waals surface area contributed by atoms with Crippen molar-refractivity contribution in [2.45, 2.75) is 30.8 Å². The van der Waals surface area contributed by atoms with E-state index in [1.54, 1.807) is 15.5 Å². The van der Waals surface area contributed by atoms with E-state index >= 15 is 4.39 Å². The number of thioether (sulfide) groups is 1. The van der Waals surface area contributed by atoms with Crippen LogP contribution in [0.1, 0.15) is 13.3 Å². The largest absolute Gasteiger partial charge is 0.352 e. The highest BCUT2D eigenvalue weighted by Gasteiger charge is 2.30. The maximum Gasteiger partial charge on any atom is 0.350 e. The molecule has 1 amide bonds. The fraction of sp³-hybridized carbons (Fsp3) is 0.370. The summed E-state index contributed by atoms with van der Waals surface area (Å²) in [6.07, 6.45) is 2.21. The minimum atomic E-state index is -0.866. The molecule has 3 heterocycles. The minimum absolute atomic E-state index is 0.0439. The topological polar surface area (TPSA) is 70.5 Å². The van der Waals surface area contributed by atoms with Crippen LogP contribution in [0, 0.1) is 11.6 Å². The van der Waals surface area contributed by atoms with Gasteiger partial charge in [-0.05, 0) is 31.2 Å². The summed E-state index contributed by atoms with van der Waals surface area (Å²) in [6.45, 7) is 8.60. The monoisotopic (exact) mass is 593 g/mol. The second-order valence-corrected chi connectivity index (χ2v) is 11.4. The van der Waals surface area contributed by atoms with Crippen molar-refractivity contribution in [2.24, 2.45) is 0 Å². The van der Waals surface area contributed by atoms with Gasteiger partial charge in [-0.2, -0.15) is 4.98 Å². The zero-order valence-electron chi connectivity index (χ0n) is 21.3. The highest BCUT2D eigenvalue weighted by Crippen LogP contribution is 2.46. The van der Waals surface area contributed by atoms with Crippen molar-refractivity contribution >= 4 is 57.6 Å². The van der Waals surface area contributed by atoms with Crippen molar-refractivity contribution in [3.8, 4) is 11.1 Å². The van der Waals surface area contributed by atoms with Crippen LogP contribution < -0.4 is 15.9 Å². The summed E-state index contributed by atoms with van der Waals surface area (Å²) in [5, 5.41) is 4.14. The van der Waals surface area contributed by atoms with E-state index in [4.69, 9.17) is 23.2 Å². The van der Waals surface area contributed by atoms with Crippen LogP contribution in [-0.2, 0) is 11.3 Å². The Morgan fingerprint density at radius 1 is 1.18 bits per heavy atom. The number of rotatable bonds is 6. The Bertz CT molecular complexity index is 1520. The Morgan fingerprint density at radius 3 is 2.62 bits per heavy atom. The maximum absolute atomic E-state index is 15.1. The molecule has 0 bridgehead atoms. The number of nitrogens with one attached hydrogen (secondary N) is 1. The second kappa shape index (κ2) is 11.4. The van der Waals surface area contributed by atoms with Gasteiger partial charge in [-0.25, -0.2) is 13.6 Å². The molecule has 1 atom stereocenters. The third kappa shape index (κ3) is 5.27. The molecule has 5 rings (SSSR count). The molecule has 2 aromatic carbocycles. The fourth-order valence-electron chi connectivity index (χ4n) is 5.07. The molecular weight excluding hydrogens is 567 g/mol. The molecule has 39 heavy (non-hydrogen) atoms. The van der Waals surface area contributed by atoms with E-state index in [0.29, 0.717) is 65.7 Å². The lowest BCUT2D eigenvalue weighted by molar-refractivity contribution is -0.126. The molecular formula is C27H27Cl2F2N5O2S. The zero-order valence-corrected chi connectivity index (χ0v) is 23.6. The van der Waals surface area contributed by atoms with Crippen LogP contribution in [-0.4, -0.2) is 64.9 Å². The summed E-state index contributed by atoms with van der Waals surface area (Å²) in [5.74, 6) is -0.756. The third-order valence-electron chi connectivity index (χ3n) is 7.01. The van der Waals surface area contributed by atoms with Gasteiger partial charge in [0.25, 0.3) is 0 Å². The predicted molar refractivity (Wildman–Crippen MR) is 153 cm³/mol. The molecule has 1 fully saturated rings. The summed E-state index contributed by atoms with van der Waals surface area (Å²) >= 11 is 14.4. The first-order valence-corrected chi connectivity index (χ1v) is 14.4. The van der Waals surface area contributed by atoms with Crippen LogP contribution in [0.2, 0.25) is 10.0 Å². The number of carbonyl (C=O) groups excluding carboxylic acids is 1. The first-order chi connectivity index (χ1) is 18.7. The molecule has 0 saturated carbocycles. The number of aromatic nitrogens is 2.